The lowest BCUT2D eigenvalue weighted by molar-refractivity contribution is -0.119. The number of hydrogen-bond donors (Lipinski definition) is 1. The third-order valence-electron chi connectivity index (χ3n) is 3.01. The summed E-state index contributed by atoms with van der Waals surface area (Å²) in [6.07, 6.45) is 3.75. The van der Waals surface area contributed by atoms with E-state index >= 15 is 0 Å². The van der Waals surface area contributed by atoms with Crippen molar-refractivity contribution in [1.29, 1.82) is 5.26 Å². The first kappa shape index (κ1) is 12.9. The summed E-state index contributed by atoms with van der Waals surface area (Å²) < 4.78 is 0. The summed E-state index contributed by atoms with van der Waals surface area (Å²) in [5.41, 5.74) is -0.707. The first-order valence-corrected chi connectivity index (χ1v) is 6.89. The molecule has 94 valence electrons. The maximum absolute atomic E-state index is 11.8. The normalized spacial score (nSPS) is 17.6. The first-order valence-electron chi connectivity index (χ1n) is 5.90. The number of thioether (sulfide) groups is 1. The Kier molecular flexibility index (Phi) is 3.87. The molecule has 1 N–H and O–H groups in total. The Hall–Kier alpha value is -1.54. The van der Waals surface area contributed by atoms with Gasteiger partial charge in [-0.25, -0.2) is 4.98 Å². The van der Waals surface area contributed by atoms with Gasteiger partial charge in [-0.3, -0.25) is 4.79 Å². The van der Waals surface area contributed by atoms with Crippen molar-refractivity contribution in [3.05, 3.63) is 24.4 Å². The minimum absolute atomic E-state index is 0.110. The van der Waals surface area contributed by atoms with Crippen LogP contribution in [0.2, 0.25) is 0 Å². The zero-order chi connectivity index (χ0) is 13.0. The van der Waals surface area contributed by atoms with Gasteiger partial charge >= 0.3 is 0 Å². The number of carbonyl (C=O) groups is 1. The number of nitrogens with one attached hydrogen (secondary N) is 1. The Balaban J connectivity index is 1.84. The van der Waals surface area contributed by atoms with E-state index in [4.69, 9.17) is 5.26 Å². The number of hydrogen-bond acceptors (Lipinski definition) is 4. The second-order valence-electron chi connectivity index (χ2n) is 4.59. The van der Waals surface area contributed by atoms with Gasteiger partial charge in [-0.15, -0.1) is 0 Å². The summed E-state index contributed by atoms with van der Waals surface area (Å²) in [4.78, 5) is 15.9. The second-order valence-corrected chi connectivity index (χ2v) is 5.59. The maximum Gasteiger partial charge on any atom is 0.231 e. The largest absolute Gasteiger partial charge is 0.337 e. The Bertz CT molecular complexity index is 467. The molecule has 0 saturated heterocycles. The molecule has 1 aromatic rings. The van der Waals surface area contributed by atoms with Crippen molar-refractivity contribution in [3.63, 3.8) is 0 Å². The van der Waals surface area contributed by atoms with E-state index in [9.17, 15) is 4.79 Å². The van der Waals surface area contributed by atoms with Crippen LogP contribution in [0.15, 0.2) is 29.4 Å². The van der Waals surface area contributed by atoms with Gasteiger partial charge in [-0.1, -0.05) is 17.8 Å². The molecule has 0 unspecified atom stereocenters. The van der Waals surface area contributed by atoms with Crippen molar-refractivity contribution >= 4 is 17.7 Å². The molecule has 1 amide bonds. The van der Waals surface area contributed by atoms with Crippen LogP contribution in [0.5, 0.6) is 0 Å². The average molecular weight is 261 g/mol. The van der Waals surface area contributed by atoms with E-state index in [1.54, 1.807) is 13.1 Å². The predicted molar refractivity (Wildman–Crippen MR) is 69.8 cm³/mol. The van der Waals surface area contributed by atoms with Crippen LogP contribution in [0.1, 0.15) is 19.8 Å². The number of carbonyl (C=O) groups excluding carboxylic acids is 1. The van der Waals surface area contributed by atoms with E-state index in [1.165, 1.54) is 11.8 Å². The number of nitrogens with zero attached hydrogens (tertiary/aromatic N) is 2. The van der Waals surface area contributed by atoms with Gasteiger partial charge in [0.25, 0.3) is 0 Å². The lowest BCUT2D eigenvalue weighted by Crippen LogP contribution is -2.47. The molecule has 18 heavy (non-hydrogen) atoms. The second kappa shape index (κ2) is 5.40. The number of pyridine rings is 1. The smallest absolute Gasteiger partial charge is 0.231 e. The molecular weight excluding hydrogens is 246 g/mol. The van der Waals surface area contributed by atoms with Gasteiger partial charge in [-0.2, -0.15) is 5.26 Å². The fraction of sp³-hybridized carbons (Fsp3) is 0.462. The Labute approximate surface area is 111 Å². The lowest BCUT2D eigenvalue weighted by Gasteiger charge is -2.22. The van der Waals surface area contributed by atoms with Crippen LogP contribution in [0.3, 0.4) is 0 Å². The van der Waals surface area contributed by atoms with Gasteiger partial charge in [0.05, 0.1) is 16.8 Å². The number of rotatable bonds is 5. The van der Waals surface area contributed by atoms with Crippen molar-refractivity contribution < 1.29 is 4.79 Å². The van der Waals surface area contributed by atoms with Crippen LogP contribution in [0.25, 0.3) is 0 Å². The highest BCUT2D eigenvalue weighted by Gasteiger charge is 2.42. The monoisotopic (exact) mass is 261 g/mol. The molecule has 5 heteroatoms. The number of aromatic nitrogens is 1. The molecule has 0 aliphatic heterocycles. The van der Waals surface area contributed by atoms with E-state index in [2.05, 4.69) is 16.4 Å². The molecule has 1 aliphatic carbocycles. The number of amides is 1. The SMILES string of the molecule is C[C@@](C#N)(NC(=O)CSc1ccccn1)C1CC1. The van der Waals surface area contributed by atoms with E-state index in [1.807, 2.05) is 18.2 Å². The summed E-state index contributed by atoms with van der Waals surface area (Å²) >= 11 is 1.38. The fourth-order valence-corrected chi connectivity index (χ4v) is 2.44. The van der Waals surface area contributed by atoms with Crippen molar-refractivity contribution in [1.82, 2.24) is 10.3 Å². The highest BCUT2D eigenvalue weighted by atomic mass is 32.2. The van der Waals surface area contributed by atoms with Crippen molar-refractivity contribution in [2.75, 3.05) is 5.75 Å². The zero-order valence-electron chi connectivity index (χ0n) is 10.2. The van der Waals surface area contributed by atoms with Crippen LogP contribution in [0.4, 0.5) is 0 Å². The van der Waals surface area contributed by atoms with Crippen LogP contribution in [0, 0.1) is 17.2 Å². The average Bonchev–Trinajstić information content (AvgIpc) is 3.22. The third-order valence-corrected chi connectivity index (χ3v) is 3.96. The fourth-order valence-electron chi connectivity index (χ4n) is 1.78. The number of nitriles is 1. The molecule has 2 rings (SSSR count). The summed E-state index contributed by atoms with van der Waals surface area (Å²) in [6, 6.07) is 7.80. The van der Waals surface area contributed by atoms with Crippen molar-refractivity contribution in [3.8, 4) is 6.07 Å². The molecule has 0 bridgehead atoms. The van der Waals surface area contributed by atoms with E-state index in [-0.39, 0.29) is 5.91 Å². The van der Waals surface area contributed by atoms with Crippen LogP contribution in [-0.4, -0.2) is 22.2 Å². The topological polar surface area (TPSA) is 65.8 Å². The Morgan fingerprint density at radius 1 is 1.67 bits per heavy atom. The van der Waals surface area contributed by atoms with Crippen LogP contribution in [-0.2, 0) is 4.79 Å². The van der Waals surface area contributed by atoms with Crippen LogP contribution < -0.4 is 5.32 Å². The molecule has 1 fully saturated rings. The molecule has 4 nitrogen and oxygen atoms in total. The van der Waals surface area contributed by atoms with Gasteiger partial charge in [0.2, 0.25) is 5.91 Å². The summed E-state index contributed by atoms with van der Waals surface area (Å²) in [7, 11) is 0. The minimum atomic E-state index is -0.707. The molecule has 1 aliphatic rings. The van der Waals surface area contributed by atoms with Gasteiger partial charge in [0.15, 0.2) is 0 Å². The molecular formula is C13H15N3OS. The summed E-state index contributed by atoms with van der Waals surface area (Å²) in [6.45, 7) is 1.80. The highest BCUT2D eigenvalue weighted by Crippen LogP contribution is 2.39. The van der Waals surface area contributed by atoms with E-state index in [0.717, 1.165) is 17.9 Å². The Morgan fingerprint density at radius 2 is 2.44 bits per heavy atom. The summed E-state index contributed by atoms with van der Waals surface area (Å²) in [5, 5.41) is 12.8. The first-order chi connectivity index (χ1) is 8.64. The van der Waals surface area contributed by atoms with Crippen LogP contribution >= 0.6 is 11.8 Å². The van der Waals surface area contributed by atoms with Gasteiger partial charge in [0, 0.05) is 6.20 Å². The standard InChI is InChI=1S/C13H15N3OS/c1-13(9-14,10-5-6-10)16-11(17)8-18-12-4-2-3-7-15-12/h2-4,7,10H,5-6,8H2,1H3,(H,16,17)/t13-/m0/s1. The molecule has 0 aromatic carbocycles. The van der Waals surface area contributed by atoms with Gasteiger partial charge in [-0.05, 0) is 37.8 Å². The molecule has 1 atom stereocenters. The minimum Gasteiger partial charge on any atom is -0.337 e. The van der Waals surface area contributed by atoms with Gasteiger partial charge < -0.3 is 5.32 Å². The molecule has 1 saturated carbocycles. The molecule has 0 radical (unpaired) electrons. The van der Waals surface area contributed by atoms with Gasteiger partial charge in [0.1, 0.15) is 5.54 Å². The quantitative estimate of drug-likeness (QED) is 0.823. The van der Waals surface area contributed by atoms with E-state index < -0.39 is 5.54 Å². The van der Waals surface area contributed by atoms with Crippen molar-refractivity contribution in [2.24, 2.45) is 5.92 Å². The molecule has 1 heterocycles. The highest BCUT2D eigenvalue weighted by molar-refractivity contribution is 7.99. The Morgan fingerprint density at radius 3 is 3.00 bits per heavy atom. The lowest BCUT2D eigenvalue weighted by atomic mass is 9.98. The van der Waals surface area contributed by atoms with E-state index in [0.29, 0.717) is 11.7 Å². The molecule has 1 aromatic heterocycles. The maximum atomic E-state index is 11.8. The zero-order valence-corrected chi connectivity index (χ0v) is 11.0. The summed E-state index contributed by atoms with van der Waals surface area (Å²) in [5.74, 6) is 0.494. The third kappa shape index (κ3) is 3.23. The predicted octanol–water partition coefficient (Wildman–Crippen LogP) is 1.98. The molecule has 0 spiro atoms. The van der Waals surface area contributed by atoms with Crippen molar-refractivity contribution in [2.45, 2.75) is 30.3 Å².